The smallest absolute Gasteiger partial charge is 0.251 e. The second-order valence-corrected chi connectivity index (χ2v) is 6.03. The van der Waals surface area contributed by atoms with Gasteiger partial charge in [-0.15, -0.1) is 0 Å². The first-order chi connectivity index (χ1) is 11.6. The lowest BCUT2D eigenvalue weighted by Crippen LogP contribution is -2.39. The SMILES string of the molecule is O=C1C[C@@H](NCCc2ccccc2F)C(=O)N1c1ccc(Cl)cc1. The lowest BCUT2D eigenvalue weighted by atomic mass is 10.1. The van der Waals surface area contributed by atoms with Gasteiger partial charge in [-0.05, 0) is 42.3 Å². The van der Waals surface area contributed by atoms with Crippen molar-refractivity contribution in [3.63, 3.8) is 0 Å². The summed E-state index contributed by atoms with van der Waals surface area (Å²) in [5.41, 5.74) is 1.09. The number of carbonyl (C=O) groups excluding carboxylic acids is 2. The van der Waals surface area contributed by atoms with Crippen molar-refractivity contribution in [3.8, 4) is 0 Å². The van der Waals surface area contributed by atoms with Gasteiger partial charge in [-0.3, -0.25) is 9.59 Å². The van der Waals surface area contributed by atoms with E-state index in [1.54, 1.807) is 42.5 Å². The Balaban J connectivity index is 1.62. The van der Waals surface area contributed by atoms with Crippen LogP contribution in [0.1, 0.15) is 12.0 Å². The molecular formula is C18H16ClFN2O2. The zero-order chi connectivity index (χ0) is 17.1. The standard InChI is InChI=1S/C18H16ClFN2O2/c19-13-5-7-14(8-6-13)22-17(23)11-16(18(22)24)21-10-9-12-3-1-2-4-15(12)20/h1-8,16,21H,9-11H2/t16-/m1/s1. The fourth-order valence-corrected chi connectivity index (χ4v) is 2.86. The monoisotopic (exact) mass is 346 g/mol. The number of nitrogens with one attached hydrogen (secondary N) is 1. The summed E-state index contributed by atoms with van der Waals surface area (Å²) in [6.07, 6.45) is 0.546. The van der Waals surface area contributed by atoms with E-state index in [0.717, 1.165) is 4.90 Å². The van der Waals surface area contributed by atoms with E-state index < -0.39 is 6.04 Å². The summed E-state index contributed by atoms with van der Waals surface area (Å²) in [7, 11) is 0. The van der Waals surface area contributed by atoms with E-state index in [-0.39, 0.29) is 24.1 Å². The van der Waals surface area contributed by atoms with Gasteiger partial charge in [-0.1, -0.05) is 29.8 Å². The van der Waals surface area contributed by atoms with Gasteiger partial charge < -0.3 is 5.32 Å². The molecule has 1 heterocycles. The van der Waals surface area contributed by atoms with Crippen LogP contribution in [0, 0.1) is 5.82 Å². The molecular weight excluding hydrogens is 331 g/mol. The maximum atomic E-state index is 13.6. The van der Waals surface area contributed by atoms with Gasteiger partial charge in [0, 0.05) is 11.6 Å². The van der Waals surface area contributed by atoms with Crippen LogP contribution >= 0.6 is 11.6 Å². The maximum Gasteiger partial charge on any atom is 0.251 e. The molecule has 1 fully saturated rings. The molecule has 2 aromatic carbocycles. The average molecular weight is 347 g/mol. The summed E-state index contributed by atoms with van der Waals surface area (Å²) >= 11 is 5.83. The molecule has 124 valence electrons. The number of carbonyl (C=O) groups is 2. The number of amides is 2. The minimum Gasteiger partial charge on any atom is -0.305 e. The largest absolute Gasteiger partial charge is 0.305 e. The summed E-state index contributed by atoms with van der Waals surface area (Å²) in [5, 5.41) is 3.58. The third-order valence-electron chi connectivity index (χ3n) is 3.97. The minimum atomic E-state index is -0.583. The van der Waals surface area contributed by atoms with Crippen molar-refractivity contribution >= 4 is 29.1 Å². The maximum absolute atomic E-state index is 13.6. The van der Waals surface area contributed by atoms with Gasteiger partial charge in [0.2, 0.25) is 5.91 Å². The number of halogens is 2. The van der Waals surface area contributed by atoms with Crippen LogP contribution in [0.2, 0.25) is 5.02 Å². The van der Waals surface area contributed by atoms with Crippen molar-refractivity contribution in [2.75, 3.05) is 11.4 Å². The number of benzene rings is 2. The van der Waals surface area contributed by atoms with Gasteiger partial charge in [0.25, 0.3) is 5.91 Å². The second kappa shape index (κ2) is 7.11. The predicted octanol–water partition coefficient (Wildman–Crippen LogP) is 2.94. The Morgan fingerprint density at radius 1 is 1.12 bits per heavy atom. The molecule has 0 spiro atoms. The van der Waals surface area contributed by atoms with Crippen LogP contribution < -0.4 is 10.2 Å². The highest BCUT2D eigenvalue weighted by molar-refractivity contribution is 6.30. The van der Waals surface area contributed by atoms with E-state index in [4.69, 9.17) is 11.6 Å². The average Bonchev–Trinajstić information content (AvgIpc) is 2.84. The number of anilines is 1. The van der Waals surface area contributed by atoms with Crippen molar-refractivity contribution < 1.29 is 14.0 Å². The van der Waals surface area contributed by atoms with Crippen LogP contribution in [0.25, 0.3) is 0 Å². The number of imide groups is 1. The van der Waals surface area contributed by atoms with Gasteiger partial charge in [0.15, 0.2) is 0 Å². The van der Waals surface area contributed by atoms with Crippen LogP contribution in [0.5, 0.6) is 0 Å². The van der Waals surface area contributed by atoms with Gasteiger partial charge in [0.1, 0.15) is 5.82 Å². The van der Waals surface area contributed by atoms with Crippen molar-refractivity contribution in [3.05, 3.63) is 64.9 Å². The molecule has 1 aliphatic heterocycles. The van der Waals surface area contributed by atoms with E-state index in [1.165, 1.54) is 6.07 Å². The number of hydrogen-bond acceptors (Lipinski definition) is 3. The number of hydrogen-bond donors (Lipinski definition) is 1. The van der Waals surface area contributed by atoms with Crippen molar-refractivity contribution in [1.29, 1.82) is 0 Å². The van der Waals surface area contributed by atoms with Crippen molar-refractivity contribution in [1.82, 2.24) is 5.32 Å². The van der Waals surface area contributed by atoms with Crippen LogP contribution in [-0.4, -0.2) is 24.4 Å². The molecule has 0 radical (unpaired) electrons. The van der Waals surface area contributed by atoms with E-state index in [2.05, 4.69) is 5.32 Å². The highest BCUT2D eigenvalue weighted by Gasteiger charge is 2.39. The van der Waals surface area contributed by atoms with Crippen LogP contribution in [0.4, 0.5) is 10.1 Å². The Labute approximate surface area is 144 Å². The predicted molar refractivity (Wildman–Crippen MR) is 90.5 cm³/mol. The molecule has 24 heavy (non-hydrogen) atoms. The summed E-state index contributed by atoms with van der Waals surface area (Å²) in [6.45, 7) is 0.416. The zero-order valence-corrected chi connectivity index (χ0v) is 13.6. The molecule has 1 N–H and O–H groups in total. The van der Waals surface area contributed by atoms with E-state index in [0.29, 0.717) is 29.2 Å². The normalized spacial score (nSPS) is 17.6. The van der Waals surface area contributed by atoms with Gasteiger partial charge in [0.05, 0.1) is 18.2 Å². The lowest BCUT2D eigenvalue weighted by molar-refractivity contribution is -0.121. The van der Waals surface area contributed by atoms with E-state index in [1.807, 2.05) is 0 Å². The molecule has 0 aliphatic carbocycles. The molecule has 0 saturated carbocycles. The fourth-order valence-electron chi connectivity index (χ4n) is 2.74. The molecule has 3 rings (SSSR count). The number of rotatable bonds is 5. The second-order valence-electron chi connectivity index (χ2n) is 5.60. The molecule has 1 atom stereocenters. The van der Waals surface area contributed by atoms with Gasteiger partial charge >= 0.3 is 0 Å². The Morgan fingerprint density at radius 2 is 1.83 bits per heavy atom. The van der Waals surface area contributed by atoms with Crippen LogP contribution in [0.15, 0.2) is 48.5 Å². The summed E-state index contributed by atoms with van der Waals surface area (Å²) in [5.74, 6) is -0.822. The first-order valence-corrected chi connectivity index (χ1v) is 8.03. The third kappa shape index (κ3) is 3.47. The molecule has 2 amide bonds. The summed E-state index contributed by atoms with van der Waals surface area (Å²) in [4.78, 5) is 25.7. The summed E-state index contributed by atoms with van der Waals surface area (Å²) < 4.78 is 13.6. The Bertz CT molecular complexity index is 764. The molecule has 1 aliphatic rings. The quantitative estimate of drug-likeness (QED) is 0.847. The van der Waals surface area contributed by atoms with Crippen LogP contribution in [0.3, 0.4) is 0 Å². The molecule has 2 aromatic rings. The molecule has 4 nitrogen and oxygen atoms in total. The molecule has 0 unspecified atom stereocenters. The first kappa shape index (κ1) is 16.6. The minimum absolute atomic E-state index is 0.0960. The Kier molecular flexibility index (Phi) is 4.92. The Morgan fingerprint density at radius 3 is 2.54 bits per heavy atom. The molecule has 0 bridgehead atoms. The highest BCUT2D eigenvalue weighted by atomic mass is 35.5. The zero-order valence-electron chi connectivity index (χ0n) is 12.8. The van der Waals surface area contributed by atoms with Gasteiger partial charge in [-0.25, -0.2) is 9.29 Å². The summed E-state index contributed by atoms with van der Waals surface area (Å²) in [6, 6.07) is 12.5. The molecule has 1 saturated heterocycles. The van der Waals surface area contributed by atoms with Crippen LogP contribution in [-0.2, 0) is 16.0 Å². The number of nitrogens with zero attached hydrogens (tertiary/aromatic N) is 1. The highest BCUT2D eigenvalue weighted by Crippen LogP contribution is 2.24. The third-order valence-corrected chi connectivity index (χ3v) is 4.23. The van der Waals surface area contributed by atoms with Crippen molar-refractivity contribution in [2.45, 2.75) is 18.9 Å². The molecule has 6 heteroatoms. The molecule has 0 aromatic heterocycles. The Hall–Kier alpha value is -2.24. The van der Waals surface area contributed by atoms with Crippen molar-refractivity contribution in [2.24, 2.45) is 0 Å². The topological polar surface area (TPSA) is 49.4 Å². The first-order valence-electron chi connectivity index (χ1n) is 7.65. The van der Waals surface area contributed by atoms with E-state index >= 15 is 0 Å². The van der Waals surface area contributed by atoms with E-state index in [9.17, 15) is 14.0 Å². The van der Waals surface area contributed by atoms with Gasteiger partial charge in [-0.2, -0.15) is 0 Å². The fraction of sp³-hybridized carbons (Fsp3) is 0.222. The lowest BCUT2D eigenvalue weighted by Gasteiger charge is -2.15.